The molecule has 0 heterocycles. The van der Waals surface area contributed by atoms with E-state index < -0.39 is 0 Å². The van der Waals surface area contributed by atoms with Crippen LogP contribution in [0.2, 0.25) is 0 Å². The summed E-state index contributed by atoms with van der Waals surface area (Å²) in [5, 5.41) is 8.02. The summed E-state index contributed by atoms with van der Waals surface area (Å²) in [6.45, 7) is 9.81. The summed E-state index contributed by atoms with van der Waals surface area (Å²) in [4.78, 5) is 3.03. The zero-order valence-corrected chi connectivity index (χ0v) is 4.52. The third-order valence-electron chi connectivity index (χ3n) is 0.683. The number of hydrogen-bond acceptors (Lipinski definition) is 1. The molecule has 0 aromatic heterocycles. The van der Waals surface area contributed by atoms with Gasteiger partial charge in [-0.25, -0.2) is 4.85 Å². The summed E-state index contributed by atoms with van der Waals surface area (Å²) in [7, 11) is 0. The van der Waals surface area contributed by atoms with E-state index in [1.807, 2.05) is 6.07 Å². The van der Waals surface area contributed by atoms with Crippen LogP contribution in [0.15, 0.2) is 12.3 Å². The Morgan fingerprint density at radius 1 is 1.88 bits per heavy atom. The number of rotatable bonds is 2. The Morgan fingerprint density at radius 2 is 2.50 bits per heavy atom. The Bertz CT molecular complexity index is 156. The van der Waals surface area contributed by atoms with Crippen LogP contribution in [-0.4, -0.2) is 0 Å². The van der Waals surface area contributed by atoms with Crippen molar-refractivity contribution in [1.82, 2.24) is 0 Å². The maximum atomic E-state index is 8.02. The second-order valence-electron chi connectivity index (χ2n) is 1.34. The van der Waals surface area contributed by atoms with E-state index in [9.17, 15) is 0 Å². The predicted octanol–water partition coefficient (Wildman–Crippen LogP) is 1.72. The van der Waals surface area contributed by atoms with Gasteiger partial charge in [0.2, 0.25) is 0 Å². The first kappa shape index (κ1) is 6.72. The molecule has 0 N–H and O–H groups in total. The SMILES string of the molecule is [C-]#[N+]C(=C)CCC#N. The molecule has 0 aliphatic rings. The van der Waals surface area contributed by atoms with Crippen molar-refractivity contribution in [3.8, 4) is 6.07 Å². The molecule has 0 rings (SSSR count). The smallest absolute Gasteiger partial charge is 0.159 e. The van der Waals surface area contributed by atoms with E-state index in [1.165, 1.54) is 0 Å². The lowest BCUT2D eigenvalue weighted by Gasteiger charge is -1.82. The van der Waals surface area contributed by atoms with Crippen LogP contribution in [0.25, 0.3) is 4.85 Å². The van der Waals surface area contributed by atoms with Crippen molar-refractivity contribution < 1.29 is 0 Å². The van der Waals surface area contributed by atoms with E-state index in [4.69, 9.17) is 11.8 Å². The molecule has 0 spiro atoms. The third kappa shape index (κ3) is 2.93. The van der Waals surface area contributed by atoms with Gasteiger partial charge >= 0.3 is 0 Å². The van der Waals surface area contributed by atoms with Gasteiger partial charge in [0.05, 0.1) is 12.6 Å². The second kappa shape index (κ2) is 3.89. The number of nitrogens with zero attached hydrogens (tertiary/aromatic N) is 2. The highest BCUT2D eigenvalue weighted by molar-refractivity contribution is 5.04. The fourth-order valence-electron chi connectivity index (χ4n) is 0.256. The maximum absolute atomic E-state index is 8.02. The van der Waals surface area contributed by atoms with Crippen molar-refractivity contribution in [1.29, 1.82) is 5.26 Å². The van der Waals surface area contributed by atoms with Crippen LogP contribution < -0.4 is 0 Å². The standard InChI is InChI=1S/C6H6N2/c1-6(8-2)4-3-5-7/h1,3-4H2. The molecule has 0 atom stereocenters. The van der Waals surface area contributed by atoms with Crippen LogP contribution in [-0.2, 0) is 0 Å². The average Bonchev–Trinajstić information content (AvgIpc) is 1.83. The lowest BCUT2D eigenvalue weighted by Crippen LogP contribution is -1.69. The molecule has 0 bridgehead atoms. The van der Waals surface area contributed by atoms with Crippen molar-refractivity contribution in [2.75, 3.05) is 0 Å². The highest BCUT2D eigenvalue weighted by Crippen LogP contribution is 2.00. The number of allylic oxidation sites excluding steroid dienone is 1. The van der Waals surface area contributed by atoms with E-state index in [1.54, 1.807) is 0 Å². The Labute approximate surface area is 48.9 Å². The summed E-state index contributed by atoms with van der Waals surface area (Å²) in [5.74, 6) is 0. The van der Waals surface area contributed by atoms with Gasteiger partial charge in [0.25, 0.3) is 0 Å². The van der Waals surface area contributed by atoms with Crippen molar-refractivity contribution in [2.24, 2.45) is 0 Å². The number of hydrogen-bond donors (Lipinski definition) is 0. The molecule has 40 valence electrons. The largest absolute Gasteiger partial charge is 0.243 e. The normalized spacial score (nSPS) is 6.75. The van der Waals surface area contributed by atoms with Gasteiger partial charge in [-0.3, -0.25) is 0 Å². The minimum Gasteiger partial charge on any atom is -0.243 e. The zero-order chi connectivity index (χ0) is 6.41. The topological polar surface area (TPSA) is 28.1 Å². The second-order valence-corrected chi connectivity index (χ2v) is 1.34. The van der Waals surface area contributed by atoms with Crippen LogP contribution in [0.5, 0.6) is 0 Å². The lowest BCUT2D eigenvalue weighted by atomic mass is 10.3. The van der Waals surface area contributed by atoms with E-state index in [0.29, 0.717) is 18.5 Å². The van der Waals surface area contributed by atoms with Gasteiger partial charge in [-0.05, 0) is 6.42 Å². The fraction of sp³-hybridized carbons (Fsp3) is 0.333. The summed E-state index contributed by atoms with van der Waals surface area (Å²) in [6, 6.07) is 1.93. The maximum Gasteiger partial charge on any atom is 0.159 e. The van der Waals surface area contributed by atoms with Crippen molar-refractivity contribution in [3.63, 3.8) is 0 Å². The van der Waals surface area contributed by atoms with E-state index in [-0.39, 0.29) is 0 Å². The summed E-state index contributed by atoms with van der Waals surface area (Å²) < 4.78 is 0. The fourth-order valence-corrected chi connectivity index (χ4v) is 0.256. The predicted molar refractivity (Wildman–Crippen MR) is 30.6 cm³/mol. The van der Waals surface area contributed by atoms with Gasteiger partial charge in [0.1, 0.15) is 0 Å². The molecule has 0 unspecified atom stereocenters. The van der Waals surface area contributed by atoms with Gasteiger partial charge < -0.3 is 0 Å². The molecule has 0 saturated carbocycles. The minimum atomic E-state index is 0.404. The Kier molecular flexibility index (Phi) is 3.27. The third-order valence-corrected chi connectivity index (χ3v) is 0.683. The van der Waals surface area contributed by atoms with Gasteiger partial charge in [-0.15, -0.1) is 0 Å². The highest BCUT2D eigenvalue weighted by atomic mass is 14.6. The molecule has 0 amide bonds. The van der Waals surface area contributed by atoms with Gasteiger partial charge in [0, 0.05) is 6.42 Å². The monoisotopic (exact) mass is 106 g/mol. The quantitative estimate of drug-likeness (QED) is 0.492. The van der Waals surface area contributed by atoms with Crippen LogP contribution in [0.1, 0.15) is 12.8 Å². The molecule has 2 heteroatoms. The molecule has 0 radical (unpaired) electrons. The Balaban J connectivity index is 3.33. The minimum absolute atomic E-state index is 0.404. The molecule has 0 aliphatic carbocycles. The molecular formula is C6H6N2. The first-order valence-electron chi connectivity index (χ1n) is 2.23. The van der Waals surface area contributed by atoms with Gasteiger partial charge in [-0.2, -0.15) is 5.26 Å². The van der Waals surface area contributed by atoms with Crippen molar-refractivity contribution in [3.05, 3.63) is 23.7 Å². The van der Waals surface area contributed by atoms with E-state index in [2.05, 4.69) is 11.4 Å². The molecule has 0 aromatic rings. The Hall–Kier alpha value is -1.28. The summed E-state index contributed by atoms with van der Waals surface area (Å²) in [6.07, 6.45) is 0.918. The molecule has 8 heavy (non-hydrogen) atoms. The lowest BCUT2D eigenvalue weighted by molar-refractivity contribution is 1.02. The molecule has 0 aromatic carbocycles. The molecule has 0 fully saturated rings. The van der Waals surface area contributed by atoms with Crippen LogP contribution in [0.4, 0.5) is 0 Å². The molecule has 2 nitrogen and oxygen atoms in total. The first-order chi connectivity index (χ1) is 3.81. The number of nitriles is 1. The van der Waals surface area contributed by atoms with Crippen molar-refractivity contribution in [2.45, 2.75) is 12.8 Å². The molecule has 0 aliphatic heterocycles. The van der Waals surface area contributed by atoms with Gasteiger partial charge in [0.15, 0.2) is 5.70 Å². The summed E-state index contributed by atoms with van der Waals surface area (Å²) >= 11 is 0. The van der Waals surface area contributed by atoms with E-state index >= 15 is 0 Å². The highest BCUT2D eigenvalue weighted by Gasteiger charge is 1.87. The average molecular weight is 106 g/mol. The zero-order valence-electron chi connectivity index (χ0n) is 4.52. The van der Waals surface area contributed by atoms with E-state index in [0.717, 1.165) is 0 Å². The molecular weight excluding hydrogens is 100 g/mol. The van der Waals surface area contributed by atoms with Gasteiger partial charge in [-0.1, -0.05) is 6.58 Å². The summed E-state index contributed by atoms with van der Waals surface area (Å²) in [5.41, 5.74) is 0.464. The van der Waals surface area contributed by atoms with Crippen LogP contribution >= 0.6 is 0 Å². The molecule has 0 saturated heterocycles. The van der Waals surface area contributed by atoms with Crippen LogP contribution in [0.3, 0.4) is 0 Å². The Morgan fingerprint density at radius 3 is 2.88 bits per heavy atom. The first-order valence-corrected chi connectivity index (χ1v) is 2.23. The van der Waals surface area contributed by atoms with Crippen molar-refractivity contribution >= 4 is 0 Å². The van der Waals surface area contributed by atoms with Crippen LogP contribution in [0, 0.1) is 17.9 Å².